The number of nitrogens with zero attached hydrogens (tertiary/aromatic N) is 4. The van der Waals surface area contributed by atoms with Crippen LogP contribution in [0.15, 0.2) is 36.4 Å². The maximum absolute atomic E-state index is 14.3. The van der Waals surface area contributed by atoms with Gasteiger partial charge in [0, 0.05) is 12.1 Å². The Morgan fingerprint density at radius 1 is 0.548 bits per heavy atom. The van der Waals surface area contributed by atoms with Crippen LogP contribution in [0.4, 0.5) is 69.2 Å². The Morgan fingerprint density at radius 3 is 1.07 bits per heavy atom. The van der Waals surface area contributed by atoms with Crippen LogP contribution in [-0.2, 0) is 9.59 Å². The number of nitro benzene ring substituents is 4. The van der Waals surface area contributed by atoms with Crippen LogP contribution >= 0.6 is 0 Å². The Labute approximate surface area is 222 Å². The molecule has 0 saturated heterocycles. The molecule has 0 aliphatic rings. The third-order valence-corrected chi connectivity index (χ3v) is 5.03. The van der Waals surface area contributed by atoms with Crippen molar-refractivity contribution in [3.63, 3.8) is 0 Å². The van der Waals surface area contributed by atoms with Crippen LogP contribution in [0.5, 0.6) is 0 Å². The van der Waals surface area contributed by atoms with Gasteiger partial charge in [-0.1, -0.05) is 0 Å². The zero-order valence-electron chi connectivity index (χ0n) is 19.4. The zero-order valence-corrected chi connectivity index (χ0v) is 19.4. The Kier molecular flexibility index (Phi) is 8.37. The molecule has 2 N–H and O–H groups in total. The lowest BCUT2D eigenvalue weighted by Gasteiger charge is -2.35. The van der Waals surface area contributed by atoms with Gasteiger partial charge in [-0.25, -0.2) is 0 Å². The first-order valence-corrected chi connectivity index (χ1v) is 10.0. The number of halogens is 8. The molecule has 0 aliphatic carbocycles. The van der Waals surface area contributed by atoms with Crippen LogP contribution < -0.4 is 10.6 Å². The van der Waals surface area contributed by atoms with E-state index in [1.807, 2.05) is 0 Å². The van der Waals surface area contributed by atoms with Crippen molar-refractivity contribution in [1.29, 1.82) is 0 Å². The summed E-state index contributed by atoms with van der Waals surface area (Å²) >= 11 is 0. The lowest BCUT2D eigenvalue weighted by molar-refractivity contribution is -0.393. The number of benzene rings is 2. The summed E-state index contributed by atoms with van der Waals surface area (Å²) in [6.07, 6.45) is 0. The van der Waals surface area contributed by atoms with Gasteiger partial charge in [-0.05, 0) is 12.1 Å². The smallest absolute Gasteiger partial charge is 0.315 e. The van der Waals surface area contributed by atoms with Gasteiger partial charge in [-0.15, -0.1) is 0 Å². The predicted molar refractivity (Wildman–Crippen MR) is 117 cm³/mol. The maximum atomic E-state index is 14.3. The highest BCUT2D eigenvalue weighted by Gasteiger charge is 2.84. The number of alkyl halides is 8. The van der Waals surface area contributed by atoms with Crippen molar-refractivity contribution < 1.29 is 64.4 Å². The fraction of sp³-hybridized carbons (Fsp3) is 0.222. The second-order valence-corrected chi connectivity index (χ2v) is 7.64. The maximum Gasteiger partial charge on any atom is 0.393 e. The molecule has 0 bridgehead atoms. The molecular weight excluding hydrogens is 612 g/mol. The molecule has 2 amide bonds. The van der Waals surface area contributed by atoms with E-state index in [1.165, 1.54) is 0 Å². The molecule has 0 heterocycles. The third-order valence-electron chi connectivity index (χ3n) is 5.03. The number of nitrogens with one attached hydrogen (secondary N) is 2. The summed E-state index contributed by atoms with van der Waals surface area (Å²) in [5, 5.41) is 44.8. The Balaban J connectivity index is 2.46. The molecule has 42 heavy (non-hydrogen) atoms. The van der Waals surface area contributed by atoms with Gasteiger partial charge in [0.05, 0.1) is 31.8 Å². The van der Waals surface area contributed by atoms with Gasteiger partial charge in [-0.2, -0.15) is 35.1 Å². The van der Waals surface area contributed by atoms with E-state index in [0.29, 0.717) is 22.8 Å². The van der Waals surface area contributed by atoms with Gasteiger partial charge in [0.2, 0.25) is 0 Å². The van der Waals surface area contributed by atoms with Gasteiger partial charge in [0.1, 0.15) is 11.4 Å². The fourth-order valence-electron chi connectivity index (χ4n) is 2.86. The van der Waals surface area contributed by atoms with Crippen molar-refractivity contribution in [2.24, 2.45) is 0 Å². The molecule has 0 fully saturated rings. The average Bonchev–Trinajstić information content (AvgIpc) is 2.87. The van der Waals surface area contributed by atoms with Gasteiger partial charge >= 0.3 is 35.5 Å². The summed E-state index contributed by atoms with van der Waals surface area (Å²) in [7, 11) is 0. The fourth-order valence-corrected chi connectivity index (χ4v) is 2.86. The Morgan fingerprint density at radius 2 is 0.833 bits per heavy atom. The molecular formula is C18H8F8N6O10. The van der Waals surface area contributed by atoms with Gasteiger partial charge in [0.25, 0.3) is 22.7 Å². The van der Waals surface area contributed by atoms with E-state index in [9.17, 15) is 85.2 Å². The second-order valence-electron chi connectivity index (χ2n) is 7.64. The lowest BCUT2D eigenvalue weighted by atomic mass is 9.97. The topological polar surface area (TPSA) is 231 Å². The van der Waals surface area contributed by atoms with Crippen LogP contribution in [0, 0.1) is 40.5 Å². The summed E-state index contributed by atoms with van der Waals surface area (Å²) in [5.74, 6) is -35.9. The van der Waals surface area contributed by atoms with Crippen molar-refractivity contribution in [2.45, 2.75) is 23.7 Å². The number of hydrogen-bond donors (Lipinski definition) is 2. The highest BCUT2D eigenvalue weighted by atomic mass is 19.4. The number of anilines is 2. The van der Waals surface area contributed by atoms with E-state index >= 15 is 0 Å². The van der Waals surface area contributed by atoms with Crippen molar-refractivity contribution in [3.8, 4) is 0 Å². The van der Waals surface area contributed by atoms with E-state index in [0.717, 1.165) is 0 Å². The first-order chi connectivity index (χ1) is 19.0. The highest BCUT2D eigenvalue weighted by molar-refractivity contribution is 6.01. The van der Waals surface area contributed by atoms with Crippen LogP contribution in [-0.4, -0.2) is 55.2 Å². The van der Waals surface area contributed by atoms with Gasteiger partial charge in [0.15, 0.2) is 0 Å². The van der Waals surface area contributed by atoms with E-state index in [2.05, 4.69) is 0 Å². The zero-order chi connectivity index (χ0) is 32.6. The molecule has 24 heteroatoms. The minimum atomic E-state index is -7.48. The van der Waals surface area contributed by atoms with E-state index in [4.69, 9.17) is 0 Å². The molecule has 0 spiro atoms. The first kappa shape index (κ1) is 32.6. The third kappa shape index (κ3) is 5.52. The lowest BCUT2D eigenvalue weighted by Crippen LogP contribution is -2.67. The minimum absolute atomic E-state index is 0.0381. The second kappa shape index (κ2) is 10.8. The van der Waals surface area contributed by atoms with Crippen molar-refractivity contribution in [2.75, 3.05) is 10.6 Å². The van der Waals surface area contributed by atoms with E-state index in [-0.39, 0.29) is 24.3 Å². The SMILES string of the molecule is O=C(Nc1ccc([N+](=O)[O-])cc1[N+](=O)[O-])C(F)(F)C(F)(F)C(F)(F)C(F)(F)C(=O)Nc1ccc([N+](=O)[O-])cc1[N+](=O)[O-]. The molecule has 0 radical (unpaired) electrons. The number of carbonyl (C=O) groups excluding carboxylic acids is 2. The molecule has 2 rings (SSSR count). The number of hydrogen-bond acceptors (Lipinski definition) is 10. The molecule has 0 unspecified atom stereocenters. The molecule has 2 aromatic carbocycles. The molecule has 0 aliphatic heterocycles. The summed E-state index contributed by atoms with van der Waals surface area (Å²) < 4.78 is 114. The van der Waals surface area contributed by atoms with Gasteiger partial charge in [-0.3, -0.25) is 50.0 Å². The van der Waals surface area contributed by atoms with Crippen molar-refractivity contribution in [1.82, 2.24) is 0 Å². The molecule has 0 atom stereocenters. The monoisotopic (exact) mass is 620 g/mol. The van der Waals surface area contributed by atoms with Crippen LogP contribution in [0.25, 0.3) is 0 Å². The number of amides is 2. The molecule has 2 aromatic rings. The number of carbonyl (C=O) groups is 2. The number of non-ortho nitro benzene ring substituents is 2. The largest absolute Gasteiger partial charge is 0.393 e. The number of nitro groups is 4. The molecule has 0 aromatic heterocycles. The standard InChI is InChI=1S/C18H8F8N6O10/c19-15(20,13(33)27-9-3-1-7(29(35)36)5-11(9)31(39)40)17(23,24)18(25,26)16(21,22)14(34)28-10-4-2-8(30(37)38)6-12(10)32(41)42/h1-6H,(H,27,33)(H,28,34). The van der Waals surface area contributed by atoms with Crippen LogP contribution in [0.2, 0.25) is 0 Å². The highest BCUT2D eigenvalue weighted by Crippen LogP contribution is 2.53. The van der Waals surface area contributed by atoms with E-state index < -0.39 is 89.3 Å². The number of rotatable bonds is 11. The summed E-state index contributed by atoms with van der Waals surface area (Å²) in [6, 6.07) is 1.03. The average molecular weight is 620 g/mol. The van der Waals surface area contributed by atoms with Gasteiger partial charge < -0.3 is 10.6 Å². The summed E-state index contributed by atoms with van der Waals surface area (Å²) in [4.78, 5) is 61.4. The van der Waals surface area contributed by atoms with Crippen molar-refractivity contribution >= 4 is 45.9 Å². The molecule has 0 saturated carbocycles. The molecule has 226 valence electrons. The normalized spacial score (nSPS) is 12.3. The molecule has 16 nitrogen and oxygen atoms in total. The van der Waals surface area contributed by atoms with E-state index in [1.54, 1.807) is 0 Å². The summed E-state index contributed by atoms with van der Waals surface area (Å²) in [6.45, 7) is 0. The quantitative estimate of drug-likeness (QED) is 0.204. The first-order valence-electron chi connectivity index (χ1n) is 10.0. The van der Waals surface area contributed by atoms with Crippen LogP contribution in [0.1, 0.15) is 0 Å². The predicted octanol–water partition coefficient (Wildman–Crippen LogP) is 4.44. The summed E-state index contributed by atoms with van der Waals surface area (Å²) in [5.41, 5.74) is -8.33. The Bertz CT molecular complexity index is 1410. The van der Waals surface area contributed by atoms with Crippen LogP contribution in [0.3, 0.4) is 0 Å². The Hall–Kier alpha value is -5.58. The van der Waals surface area contributed by atoms with Crippen molar-refractivity contribution in [3.05, 3.63) is 76.9 Å². The minimum Gasteiger partial charge on any atom is -0.315 e.